The normalized spacial score (nSPS) is 14.8. The van der Waals surface area contributed by atoms with Gasteiger partial charge in [-0.05, 0) is 89.5 Å². The second-order valence-corrected chi connectivity index (χ2v) is 20.5. The molecule has 3 unspecified atom stereocenters. The highest BCUT2D eigenvalue weighted by molar-refractivity contribution is 7.47. The fraction of sp³-hybridized carbons (Fsp3) is 0.633. The van der Waals surface area contributed by atoms with Crippen molar-refractivity contribution < 1.29 is 37.3 Å². The third-order valence-electron chi connectivity index (χ3n) is 11.2. The number of hydrogen-bond donors (Lipinski definition) is 2. The van der Waals surface area contributed by atoms with Crippen LogP contribution < -0.4 is 5.32 Å². The van der Waals surface area contributed by atoms with Crippen molar-refractivity contribution in [2.24, 2.45) is 0 Å². The molecule has 0 aliphatic heterocycles. The van der Waals surface area contributed by atoms with Crippen LogP contribution in [0.15, 0.2) is 122 Å². The molecule has 3 atom stereocenters. The summed E-state index contributed by atoms with van der Waals surface area (Å²) in [4.78, 5) is 37.5. The summed E-state index contributed by atoms with van der Waals surface area (Å²) in [6.07, 6.45) is 67.8. The molecule has 0 saturated carbocycles. The van der Waals surface area contributed by atoms with E-state index in [1.165, 1.54) is 51.4 Å². The topological polar surface area (TPSA) is 111 Å². The smallest absolute Gasteiger partial charge is 0.456 e. The van der Waals surface area contributed by atoms with Crippen LogP contribution in [0.4, 0.5) is 0 Å². The summed E-state index contributed by atoms with van der Waals surface area (Å²) < 4.78 is 30.5. The second kappa shape index (κ2) is 49.0. The first-order valence-electron chi connectivity index (χ1n) is 27.4. The Bertz CT molecular complexity index is 1610. The molecule has 2 N–H and O–H groups in total. The average Bonchev–Trinajstić information content (AvgIpc) is 3.32. The lowest BCUT2D eigenvalue weighted by molar-refractivity contribution is -0.870. The van der Waals surface area contributed by atoms with Crippen molar-refractivity contribution in [3.05, 3.63) is 122 Å². The number of ether oxygens (including phenoxy) is 1. The van der Waals surface area contributed by atoms with Crippen LogP contribution in [-0.2, 0) is 27.9 Å². The zero-order valence-electron chi connectivity index (χ0n) is 45.2. The number of hydrogen-bond acceptors (Lipinski definition) is 6. The van der Waals surface area contributed by atoms with Gasteiger partial charge < -0.3 is 19.4 Å². The summed E-state index contributed by atoms with van der Waals surface area (Å²) in [5.74, 6) is -0.640. The Morgan fingerprint density at radius 2 is 1.00 bits per heavy atom. The molecule has 0 rings (SSSR count). The Kier molecular flexibility index (Phi) is 46.5. The van der Waals surface area contributed by atoms with Crippen LogP contribution in [0.5, 0.6) is 0 Å². The Morgan fingerprint density at radius 1 is 0.529 bits per heavy atom. The Balaban J connectivity index is 5.54. The van der Waals surface area contributed by atoms with Gasteiger partial charge in [0.05, 0.1) is 33.8 Å². The SMILES string of the molecule is CC/C=C\C/C=C\C/C=C\C/C=C\C/C=C\C/C=C\CCC(=O)OC(/C=C\CCCCCCCCCCCC)C(COP(=O)(O)OCC[N+](C)(C)C)NC(=O)CCCCCCC\C=C/C=C/C=C/CC. The van der Waals surface area contributed by atoms with Crippen LogP contribution in [0.2, 0.25) is 0 Å². The molecule has 0 fully saturated rings. The monoisotopic (exact) mass is 994 g/mol. The Labute approximate surface area is 429 Å². The standard InChI is InChI=1S/C60H101N2O7P/c1-7-10-13-16-19-22-25-28-29-30-31-32-33-35-38-41-44-47-50-53-60(64)69-58(51-48-45-42-39-36-27-24-21-18-15-12-9-3)57(56-68-70(65,66)67-55-54-62(4,5)6)61-59(63)52-49-46-43-40-37-34-26-23-20-17-14-11-8-2/h10-11,13-14,17,19-20,22-23,26,28-29,31-32,35,38,44,47-48,51,57-58H,7-9,12,15-16,18,21,24-25,27,30,33-34,36-37,39-43,45-46,49-50,52-56H2,1-6H3,(H-,61,63,65,66)/p+1/b13-10-,14-11+,20-17+,22-19-,26-23-,29-28-,32-31-,38-35-,47-44-,51-48-. The number of phosphoric acid groups is 1. The van der Waals surface area contributed by atoms with Crippen molar-refractivity contribution in [1.82, 2.24) is 5.32 Å². The van der Waals surface area contributed by atoms with Crippen molar-refractivity contribution in [3.8, 4) is 0 Å². The number of carbonyl (C=O) groups excluding carboxylic acids is 2. The van der Waals surface area contributed by atoms with Crippen LogP contribution in [0, 0.1) is 0 Å². The molecule has 398 valence electrons. The molecule has 0 heterocycles. The van der Waals surface area contributed by atoms with Crippen LogP contribution in [0.1, 0.15) is 194 Å². The highest BCUT2D eigenvalue weighted by Gasteiger charge is 2.30. The van der Waals surface area contributed by atoms with Crippen molar-refractivity contribution >= 4 is 19.7 Å². The third-order valence-corrected chi connectivity index (χ3v) is 12.2. The van der Waals surface area contributed by atoms with Crippen molar-refractivity contribution in [3.63, 3.8) is 0 Å². The number of amides is 1. The zero-order chi connectivity index (χ0) is 51.5. The maximum Gasteiger partial charge on any atom is 0.472 e. The number of phosphoric ester groups is 1. The number of allylic oxidation sites excluding steroid dienone is 19. The number of carbonyl (C=O) groups is 2. The van der Waals surface area contributed by atoms with Crippen molar-refractivity contribution in [2.45, 2.75) is 206 Å². The van der Waals surface area contributed by atoms with E-state index in [1.54, 1.807) is 0 Å². The highest BCUT2D eigenvalue weighted by atomic mass is 31.2. The van der Waals surface area contributed by atoms with Crippen LogP contribution in [0.25, 0.3) is 0 Å². The first kappa shape index (κ1) is 66.4. The summed E-state index contributed by atoms with van der Waals surface area (Å²) in [5, 5.41) is 3.00. The van der Waals surface area contributed by atoms with E-state index in [0.29, 0.717) is 23.9 Å². The molecular weight excluding hydrogens is 892 g/mol. The lowest BCUT2D eigenvalue weighted by Gasteiger charge is -2.27. The number of unbranched alkanes of at least 4 members (excludes halogenated alkanes) is 15. The number of nitrogens with zero attached hydrogens (tertiary/aromatic N) is 1. The first-order chi connectivity index (χ1) is 33.9. The van der Waals surface area contributed by atoms with E-state index >= 15 is 0 Å². The molecule has 0 aliphatic rings. The van der Waals surface area contributed by atoms with Gasteiger partial charge in [-0.15, -0.1) is 0 Å². The lowest BCUT2D eigenvalue weighted by atomic mass is 10.1. The lowest BCUT2D eigenvalue weighted by Crippen LogP contribution is -2.47. The van der Waals surface area contributed by atoms with Gasteiger partial charge in [-0.3, -0.25) is 18.6 Å². The molecule has 0 aromatic heterocycles. The van der Waals surface area contributed by atoms with Crippen LogP contribution in [-0.4, -0.2) is 74.3 Å². The van der Waals surface area contributed by atoms with E-state index in [1.807, 2.05) is 51.5 Å². The Hall–Kier alpha value is -3.59. The molecular formula is C60H102N2O7P+. The van der Waals surface area contributed by atoms with Crippen molar-refractivity contribution in [2.75, 3.05) is 40.9 Å². The molecule has 0 spiro atoms. The average molecular weight is 994 g/mol. The minimum atomic E-state index is -4.47. The molecule has 0 bridgehead atoms. The van der Waals surface area contributed by atoms with Gasteiger partial charge in [-0.2, -0.15) is 0 Å². The van der Waals surface area contributed by atoms with Gasteiger partial charge in [-0.1, -0.05) is 213 Å². The minimum absolute atomic E-state index is 0.0179. The van der Waals surface area contributed by atoms with Crippen molar-refractivity contribution in [1.29, 1.82) is 0 Å². The molecule has 0 aliphatic carbocycles. The molecule has 1 amide bonds. The summed E-state index contributed by atoms with van der Waals surface area (Å²) in [7, 11) is 1.42. The maximum absolute atomic E-state index is 13.4. The van der Waals surface area contributed by atoms with Crippen LogP contribution >= 0.6 is 7.82 Å². The molecule has 0 aromatic carbocycles. The van der Waals surface area contributed by atoms with E-state index in [9.17, 15) is 19.0 Å². The summed E-state index contributed by atoms with van der Waals surface area (Å²) >= 11 is 0. The quantitative estimate of drug-likeness (QED) is 0.0156. The molecule has 10 heteroatoms. The van der Waals surface area contributed by atoms with Gasteiger partial charge >= 0.3 is 13.8 Å². The largest absolute Gasteiger partial charge is 0.472 e. The molecule has 9 nitrogen and oxygen atoms in total. The van der Waals surface area contributed by atoms with Gasteiger partial charge in [0.1, 0.15) is 19.3 Å². The third kappa shape index (κ3) is 49.4. The number of quaternary nitrogens is 1. The number of likely N-dealkylation sites (N-methyl/N-ethyl adjacent to an activating group) is 1. The number of rotatable bonds is 47. The molecule has 70 heavy (non-hydrogen) atoms. The predicted octanol–water partition coefficient (Wildman–Crippen LogP) is 16.4. The van der Waals surface area contributed by atoms with Gasteiger partial charge in [0, 0.05) is 12.8 Å². The molecule has 0 saturated heterocycles. The van der Waals surface area contributed by atoms with Gasteiger partial charge in [0.25, 0.3) is 0 Å². The van der Waals surface area contributed by atoms with Gasteiger partial charge in [0.15, 0.2) is 0 Å². The fourth-order valence-electron chi connectivity index (χ4n) is 7.02. The number of nitrogens with one attached hydrogen (secondary N) is 1. The summed E-state index contributed by atoms with van der Waals surface area (Å²) in [6.45, 7) is 6.66. The highest BCUT2D eigenvalue weighted by Crippen LogP contribution is 2.43. The molecule has 0 aromatic rings. The zero-order valence-corrected chi connectivity index (χ0v) is 46.1. The van der Waals surface area contributed by atoms with Gasteiger partial charge in [-0.25, -0.2) is 4.57 Å². The van der Waals surface area contributed by atoms with E-state index in [-0.39, 0.29) is 32.0 Å². The van der Waals surface area contributed by atoms with E-state index in [0.717, 1.165) is 96.3 Å². The van der Waals surface area contributed by atoms with E-state index < -0.39 is 25.9 Å². The summed E-state index contributed by atoms with van der Waals surface area (Å²) in [5.41, 5.74) is 0. The number of esters is 1. The Morgan fingerprint density at radius 3 is 1.53 bits per heavy atom. The first-order valence-corrected chi connectivity index (χ1v) is 28.9. The van der Waals surface area contributed by atoms with E-state index in [2.05, 4.69) is 117 Å². The molecule has 0 radical (unpaired) electrons. The summed E-state index contributed by atoms with van der Waals surface area (Å²) in [6, 6.07) is -0.896. The van der Waals surface area contributed by atoms with Crippen LogP contribution in [0.3, 0.4) is 0 Å². The van der Waals surface area contributed by atoms with Gasteiger partial charge in [0.2, 0.25) is 5.91 Å². The minimum Gasteiger partial charge on any atom is -0.456 e. The maximum atomic E-state index is 13.4. The van der Waals surface area contributed by atoms with E-state index in [4.69, 9.17) is 13.8 Å². The fourth-order valence-corrected chi connectivity index (χ4v) is 7.76. The predicted molar refractivity (Wildman–Crippen MR) is 300 cm³/mol. The second-order valence-electron chi connectivity index (χ2n) is 19.0.